The lowest BCUT2D eigenvalue weighted by atomic mass is 10.1. The summed E-state index contributed by atoms with van der Waals surface area (Å²) in [6.45, 7) is 3.26. The van der Waals surface area contributed by atoms with Crippen molar-refractivity contribution in [3.8, 4) is 0 Å². The monoisotopic (exact) mass is 179 g/mol. The Labute approximate surface area is 79.6 Å². The van der Waals surface area contributed by atoms with Crippen LogP contribution in [0.5, 0.6) is 0 Å². The van der Waals surface area contributed by atoms with Gasteiger partial charge >= 0.3 is 0 Å². The van der Waals surface area contributed by atoms with Gasteiger partial charge in [-0.25, -0.2) is 0 Å². The third-order valence-corrected chi connectivity index (χ3v) is 2.08. The van der Waals surface area contributed by atoms with Crippen LogP contribution in [-0.4, -0.2) is 18.3 Å². The summed E-state index contributed by atoms with van der Waals surface area (Å²) in [6.07, 6.45) is 0.817. The summed E-state index contributed by atoms with van der Waals surface area (Å²) in [4.78, 5) is 0. The minimum atomic E-state index is 0.258. The molecule has 0 aliphatic rings. The number of aliphatic hydroxyl groups excluding tert-OH is 1. The van der Waals surface area contributed by atoms with Gasteiger partial charge in [-0.2, -0.15) is 0 Å². The van der Waals surface area contributed by atoms with Gasteiger partial charge in [0, 0.05) is 12.6 Å². The van der Waals surface area contributed by atoms with Crippen LogP contribution in [0.2, 0.25) is 0 Å². The first kappa shape index (κ1) is 10.2. The lowest BCUT2D eigenvalue weighted by molar-refractivity contribution is 0.284. The maximum absolute atomic E-state index is 8.61. The minimum Gasteiger partial charge on any atom is -0.396 e. The Morgan fingerprint density at radius 2 is 2.00 bits per heavy atom. The number of hydrogen-bond donors (Lipinski definition) is 2. The third kappa shape index (κ3) is 3.57. The summed E-state index contributed by atoms with van der Waals surface area (Å²) in [6, 6.07) is 10.7. The molecule has 0 amide bonds. The van der Waals surface area contributed by atoms with Crippen LogP contribution in [0.1, 0.15) is 24.9 Å². The van der Waals surface area contributed by atoms with Crippen molar-refractivity contribution in [2.24, 2.45) is 0 Å². The molecule has 0 aliphatic heterocycles. The predicted octanol–water partition coefficient (Wildman–Crippen LogP) is 1.72. The normalized spacial score (nSPS) is 12.8. The third-order valence-electron chi connectivity index (χ3n) is 2.08. The van der Waals surface area contributed by atoms with Crippen molar-refractivity contribution in [3.05, 3.63) is 35.9 Å². The smallest absolute Gasteiger partial charge is 0.0443 e. The van der Waals surface area contributed by atoms with E-state index in [-0.39, 0.29) is 6.61 Å². The second kappa shape index (κ2) is 5.73. The van der Waals surface area contributed by atoms with Gasteiger partial charge in [-0.3, -0.25) is 0 Å². The van der Waals surface area contributed by atoms with Crippen LogP contribution in [-0.2, 0) is 0 Å². The first-order chi connectivity index (χ1) is 6.34. The summed E-state index contributed by atoms with van der Waals surface area (Å²) in [5.41, 5.74) is 1.29. The van der Waals surface area contributed by atoms with Crippen molar-refractivity contribution >= 4 is 0 Å². The highest BCUT2D eigenvalue weighted by Crippen LogP contribution is 2.10. The number of rotatable bonds is 5. The largest absolute Gasteiger partial charge is 0.396 e. The van der Waals surface area contributed by atoms with Crippen molar-refractivity contribution in [2.45, 2.75) is 19.4 Å². The Morgan fingerprint density at radius 3 is 2.62 bits per heavy atom. The van der Waals surface area contributed by atoms with Crippen LogP contribution in [0.4, 0.5) is 0 Å². The maximum atomic E-state index is 8.61. The second-order valence-corrected chi connectivity index (χ2v) is 3.16. The van der Waals surface area contributed by atoms with E-state index in [1.807, 2.05) is 18.2 Å². The lowest BCUT2D eigenvalue weighted by Gasteiger charge is -2.13. The van der Waals surface area contributed by atoms with E-state index in [1.165, 1.54) is 5.56 Å². The van der Waals surface area contributed by atoms with Gasteiger partial charge in [0.15, 0.2) is 0 Å². The van der Waals surface area contributed by atoms with Crippen LogP contribution in [0.15, 0.2) is 30.3 Å². The molecule has 1 aromatic rings. The lowest BCUT2D eigenvalue weighted by Crippen LogP contribution is -2.20. The van der Waals surface area contributed by atoms with Gasteiger partial charge in [-0.1, -0.05) is 30.3 Å². The number of benzene rings is 1. The van der Waals surface area contributed by atoms with E-state index in [4.69, 9.17) is 5.11 Å². The Hall–Kier alpha value is -0.860. The molecule has 0 unspecified atom stereocenters. The average Bonchev–Trinajstić information content (AvgIpc) is 2.19. The molecule has 13 heavy (non-hydrogen) atoms. The summed E-state index contributed by atoms with van der Waals surface area (Å²) >= 11 is 0. The van der Waals surface area contributed by atoms with Gasteiger partial charge in [0.2, 0.25) is 0 Å². The Morgan fingerprint density at radius 1 is 1.31 bits per heavy atom. The van der Waals surface area contributed by atoms with Crippen LogP contribution < -0.4 is 5.32 Å². The summed E-state index contributed by atoms with van der Waals surface area (Å²) in [7, 11) is 0. The van der Waals surface area contributed by atoms with E-state index < -0.39 is 0 Å². The molecule has 1 aromatic carbocycles. The molecule has 0 radical (unpaired) electrons. The van der Waals surface area contributed by atoms with Crippen molar-refractivity contribution in [2.75, 3.05) is 13.2 Å². The van der Waals surface area contributed by atoms with Gasteiger partial charge in [0.1, 0.15) is 0 Å². The minimum absolute atomic E-state index is 0.258. The predicted molar refractivity (Wildman–Crippen MR) is 54.6 cm³/mol. The molecule has 1 rings (SSSR count). The molecule has 0 aromatic heterocycles. The first-order valence-electron chi connectivity index (χ1n) is 4.74. The zero-order chi connectivity index (χ0) is 9.52. The molecule has 72 valence electrons. The fourth-order valence-corrected chi connectivity index (χ4v) is 1.26. The number of nitrogens with one attached hydrogen (secondary N) is 1. The Bertz CT molecular complexity index is 223. The molecular weight excluding hydrogens is 162 g/mol. The van der Waals surface area contributed by atoms with Crippen LogP contribution >= 0.6 is 0 Å². The Balaban J connectivity index is 2.35. The summed E-state index contributed by atoms with van der Waals surface area (Å²) in [5, 5.41) is 11.9. The van der Waals surface area contributed by atoms with E-state index in [1.54, 1.807) is 0 Å². The highest BCUT2D eigenvalue weighted by molar-refractivity contribution is 5.17. The molecule has 2 N–H and O–H groups in total. The van der Waals surface area contributed by atoms with E-state index in [0.29, 0.717) is 6.04 Å². The standard InChI is InChI=1S/C11H17NO/c1-10(12-8-5-9-13)11-6-3-2-4-7-11/h2-4,6-7,10,12-13H,5,8-9H2,1H3/t10-/m0/s1. The first-order valence-corrected chi connectivity index (χ1v) is 4.74. The molecule has 0 saturated heterocycles. The van der Waals surface area contributed by atoms with Crippen molar-refractivity contribution in [3.63, 3.8) is 0 Å². The quantitative estimate of drug-likeness (QED) is 0.674. The van der Waals surface area contributed by atoms with Crippen molar-refractivity contribution in [1.29, 1.82) is 0 Å². The SMILES string of the molecule is C[C@H](NCCCO)c1ccccc1. The van der Waals surface area contributed by atoms with Gasteiger partial charge in [-0.15, -0.1) is 0 Å². The zero-order valence-corrected chi connectivity index (χ0v) is 8.03. The van der Waals surface area contributed by atoms with Gasteiger partial charge in [0.25, 0.3) is 0 Å². The molecular formula is C11H17NO. The van der Waals surface area contributed by atoms with E-state index in [9.17, 15) is 0 Å². The second-order valence-electron chi connectivity index (χ2n) is 3.16. The molecule has 0 spiro atoms. The summed E-state index contributed by atoms with van der Waals surface area (Å²) < 4.78 is 0. The van der Waals surface area contributed by atoms with Crippen molar-refractivity contribution in [1.82, 2.24) is 5.32 Å². The molecule has 0 bridgehead atoms. The fourth-order valence-electron chi connectivity index (χ4n) is 1.26. The topological polar surface area (TPSA) is 32.3 Å². The highest BCUT2D eigenvalue weighted by Gasteiger charge is 2.01. The fraction of sp³-hybridized carbons (Fsp3) is 0.455. The summed E-state index contributed by atoms with van der Waals surface area (Å²) in [5.74, 6) is 0. The highest BCUT2D eigenvalue weighted by atomic mass is 16.3. The van der Waals surface area contributed by atoms with Gasteiger partial charge in [-0.05, 0) is 25.5 Å². The van der Waals surface area contributed by atoms with Crippen LogP contribution in [0.3, 0.4) is 0 Å². The van der Waals surface area contributed by atoms with E-state index >= 15 is 0 Å². The molecule has 2 heteroatoms. The van der Waals surface area contributed by atoms with E-state index in [2.05, 4.69) is 24.4 Å². The van der Waals surface area contributed by atoms with Gasteiger partial charge in [0.05, 0.1) is 0 Å². The van der Waals surface area contributed by atoms with Crippen LogP contribution in [0.25, 0.3) is 0 Å². The molecule has 0 fully saturated rings. The number of hydrogen-bond acceptors (Lipinski definition) is 2. The zero-order valence-electron chi connectivity index (χ0n) is 8.03. The molecule has 0 heterocycles. The van der Waals surface area contributed by atoms with Crippen LogP contribution in [0, 0.1) is 0 Å². The molecule has 1 atom stereocenters. The Kier molecular flexibility index (Phi) is 4.50. The molecule has 0 saturated carbocycles. The number of aliphatic hydroxyl groups is 1. The maximum Gasteiger partial charge on any atom is 0.0443 e. The average molecular weight is 179 g/mol. The molecule has 2 nitrogen and oxygen atoms in total. The van der Waals surface area contributed by atoms with Gasteiger partial charge < -0.3 is 10.4 Å². The van der Waals surface area contributed by atoms with Crippen molar-refractivity contribution < 1.29 is 5.11 Å². The molecule has 0 aliphatic carbocycles. The van der Waals surface area contributed by atoms with E-state index in [0.717, 1.165) is 13.0 Å².